The summed E-state index contributed by atoms with van der Waals surface area (Å²) < 4.78 is 16.9. The number of carbonyl (C=O) groups excluding carboxylic acids is 1. The number of fused-ring (bicyclic) bond motifs is 1. The van der Waals surface area contributed by atoms with Crippen LogP contribution in [0.4, 0.5) is 5.69 Å². The number of hydrogen-bond donors (Lipinski definition) is 1. The van der Waals surface area contributed by atoms with Crippen molar-refractivity contribution in [1.29, 1.82) is 0 Å². The number of rotatable bonds is 5. The zero-order chi connectivity index (χ0) is 18.5. The SMILES string of the molecule is Cc1ccc(OCCC(=O)Nc2cc3c(cc2Cl)OCCCO3)c(C)c1. The molecule has 1 amide bonds. The van der Waals surface area contributed by atoms with E-state index >= 15 is 0 Å². The third kappa shape index (κ3) is 4.61. The quantitative estimate of drug-likeness (QED) is 0.834. The molecule has 1 heterocycles. The van der Waals surface area contributed by atoms with Crippen LogP contribution in [0, 0.1) is 13.8 Å². The minimum atomic E-state index is -0.175. The molecule has 0 saturated carbocycles. The highest BCUT2D eigenvalue weighted by Gasteiger charge is 2.15. The molecule has 26 heavy (non-hydrogen) atoms. The third-order valence-corrected chi connectivity index (χ3v) is 4.34. The van der Waals surface area contributed by atoms with Gasteiger partial charge >= 0.3 is 0 Å². The Balaban J connectivity index is 1.57. The third-order valence-electron chi connectivity index (χ3n) is 4.03. The number of amides is 1. The van der Waals surface area contributed by atoms with E-state index in [1.165, 1.54) is 5.56 Å². The zero-order valence-corrected chi connectivity index (χ0v) is 15.7. The van der Waals surface area contributed by atoms with Gasteiger partial charge in [-0.25, -0.2) is 0 Å². The second-order valence-corrected chi connectivity index (χ2v) is 6.65. The molecule has 0 unspecified atom stereocenters. The highest BCUT2D eigenvalue weighted by molar-refractivity contribution is 6.34. The molecule has 3 rings (SSSR count). The lowest BCUT2D eigenvalue weighted by atomic mass is 10.1. The van der Waals surface area contributed by atoms with Crippen molar-refractivity contribution in [2.45, 2.75) is 26.7 Å². The first-order valence-corrected chi connectivity index (χ1v) is 9.00. The maximum atomic E-state index is 12.2. The monoisotopic (exact) mass is 375 g/mol. The van der Waals surface area contributed by atoms with E-state index in [0.717, 1.165) is 17.7 Å². The molecule has 0 spiro atoms. The van der Waals surface area contributed by atoms with Crippen LogP contribution in [0.2, 0.25) is 5.02 Å². The fourth-order valence-corrected chi connectivity index (χ4v) is 2.91. The van der Waals surface area contributed by atoms with Gasteiger partial charge in [-0.15, -0.1) is 0 Å². The molecule has 0 saturated heterocycles. The summed E-state index contributed by atoms with van der Waals surface area (Å²) in [5.41, 5.74) is 2.74. The van der Waals surface area contributed by atoms with Crippen LogP contribution in [0.25, 0.3) is 0 Å². The van der Waals surface area contributed by atoms with Crippen molar-refractivity contribution in [3.8, 4) is 17.2 Å². The predicted molar refractivity (Wildman–Crippen MR) is 102 cm³/mol. The van der Waals surface area contributed by atoms with E-state index in [2.05, 4.69) is 5.32 Å². The number of carbonyl (C=O) groups is 1. The van der Waals surface area contributed by atoms with Crippen LogP contribution in [-0.2, 0) is 4.79 Å². The molecule has 0 bridgehead atoms. The number of aryl methyl sites for hydroxylation is 2. The lowest BCUT2D eigenvalue weighted by Crippen LogP contribution is -2.15. The molecular formula is C20H22ClNO4. The van der Waals surface area contributed by atoms with E-state index in [-0.39, 0.29) is 18.9 Å². The molecule has 6 heteroatoms. The van der Waals surface area contributed by atoms with Gasteiger partial charge in [0.1, 0.15) is 5.75 Å². The number of nitrogens with one attached hydrogen (secondary N) is 1. The van der Waals surface area contributed by atoms with Crippen LogP contribution < -0.4 is 19.5 Å². The highest BCUT2D eigenvalue weighted by Crippen LogP contribution is 2.37. The number of hydrogen-bond acceptors (Lipinski definition) is 4. The largest absolute Gasteiger partial charge is 0.493 e. The van der Waals surface area contributed by atoms with Crippen LogP contribution in [0.3, 0.4) is 0 Å². The van der Waals surface area contributed by atoms with Crippen molar-refractivity contribution in [2.75, 3.05) is 25.1 Å². The normalized spacial score (nSPS) is 13.0. The molecule has 2 aromatic rings. The molecular weight excluding hydrogens is 354 g/mol. The number of anilines is 1. The summed E-state index contributed by atoms with van der Waals surface area (Å²) in [6, 6.07) is 9.33. The lowest BCUT2D eigenvalue weighted by Gasteiger charge is -2.13. The second-order valence-electron chi connectivity index (χ2n) is 6.24. The van der Waals surface area contributed by atoms with Crippen molar-refractivity contribution in [2.24, 2.45) is 0 Å². The Kier molecular flexibility index (Phi) is 5.89. The van der Waals surface area contributed by atoms with Crippen molar-refractivity contribution in [1.82, 2.24) is 0 Å². The Labute approximate surface area is 158 Å². The number of ether oxygens (including phenoxy) is 3. The molecule has 1 aliphatic heterocycles. The van der Waals surface area contributed by atoms with Gasteiger partial charge in [-0.2, -0.15) is 0 Å². The molecule has 0 aliphatic carbocycles. The van der Waals surface area contributed by atoms with Crippen LogP contribution >= 0.6 is 11.6 Å². The standard InChI is InChI=1S/C20H22ClNO4/c1-13-4-5-17(14(2)10-13)26-9-6-20(23)22-16-12-19-18(11-15(16)21)24-7-3-8-25-19/h4-5,10-12H,3,6-9H2,1-2H3,(H,22,23). The molecule has 5 nitrogen and oxygen atoms in total. The van der Waals surface area contributed by atoms with Gasteiger partial charge in [0.15, 0.2) is 11.5 Å². The molecule has 138 valence electrons. The first-order chi connectivity index (χ1) is 12.5. The Morgan fingerprint density at radius 1 is 1.15 bits per heavy atom. The number of halogens is 1. The maximum Gasteiger partial charge on any atom is 0.227 e. The van der Waals surface area contributed by atoms with Crippen molar-refractivity contribution in [3.63, 3.8) is 0 Å². The molecule has 1 N–H and O–H groups in total. The summed E-state index contributed by atoms with van der Waals surface area (Å²) in [6.07, 6.45) is 1.03. The van der Waals surface area contributed by atoms with Crippen LogP contribution in [0.1, 0.15) is 24.0 Å². The smallest absolute Gasteiger partial charge is 0.227 e. The Morgan fingerprint density at radius 2 is 1.88 bits per heavy atom. The van der Waals surface area contributed by atoms with Gasteiger partial charge in [0.25, 0.3) is 0 Å². The fourth-order valence-electron chi connectivity index (χ4n) is 2.71. The summed E-state index contributed by atoms with van der Waals surface area (Å²) in [4.78, 5) is 12.2. The van der Waals surface area contributed by atoms with Crippen molar-refractivity contribution < 1.29 is 19.0 Å². The molecule has 0 atom stereocenters. The molecule has 1 aliphatic rings. The van der Waals surface area contributed by atoms with E-state index in [1.54, 1.807) is 12.1 Å². The summed E-state index contributed by atoms with van der Waals surface area (Å²) in [5, 5.41) is 3.22. The Hall–Kier alpha value is -2.40. The van der Waals surface area contributed by atoms with Crippen LogP contribution in [-0.4, -0.2) is 25.7 Å². The van der Waals surface area contributed by atoms with Gasteiger partial charge in [0.2, 0.25) is 5.91 Å². The van der Waals surface area contributed by atoms with E-state index in [1.807, 2.05) is 32.0 Å². The van der Waals surface area contributed by atoms with Gasteiger partial charge in [0, 0.05) is 18.6 Å². The minimum absolute atomic E-state index is 0.175. The Morgan fingerprint density at radius 3 is 2.62 bits per heavy atom. The predicted octanol–water partition coefficient (Wildman–Crippen LogP) is 4.53. The molecule has 0 fully saturated rings. The summed E-state index contributed by atoms with van der Waals surface area (Å²) in [7, 11) is 0. The highest BCUT2D eigenvalue weighted by atomic mass is 35.5. The Bertz CT molecular complexity index is 807. The zero-order valence-electron chi connectivity index (χ0n) is 14.9. The van der Waals surface area contributed by atoms with Crippen LogP contribution in [0.15, 0.2) is 30.3 Å². The first-order valence-electron chi connectivity index (χ1n) is 8.62. The number of benzene rings is 2. The lowest BCUT2D eigenvalue weighted by molar-refractivity contribution is -0.116. The van der Waals surface area contributed by atoms with Crippen molar-refractivity contribution in [3.05, 3.63) is 46.5 Å². The minimum Gasteiger partial charge on any atom is -0.493 e. The van der Waals surface area contributed by atoms with Gasteiger partial charge in [-0.05, 0) is 25.5 Å². The maximum absolute atomic E-state index is 12.2. The molecule has 0 radical (unpaired) electrons. The van der Waals surface area contributed by atoms with Gasteiger partial charge in [0.05, 0.1) is 37.0 Å². The van der Waals surface area contributed by atoms with Gasteiger partial charge in [-0.3, -0.25) is 4.79 Å². The summed E-state index contributed by atoms with van der Waals surface area (Å²) >= 11 is 6.24. The fraction of sp³-hybridized carbons (Fsp3) is 0.350. The van der Waals surface area contributed by atoms with Gasteiger partial charge in [-0.1, -0.05) is 29.3 Å². The van der Waals surface area contributed by atoms with Gasteiger partial charge < -0.3 is 19.5 Å². The molecule has 2 aromatic carbocycles. The second kappa shape index (κ2) is 8.32. The van der Waals surface area contributed by atoms with Crippen molar-refractivity contribution >= 4 is 23.2 Å². The van der Waals surface area contributed by atoms with E-state index in [4.69, 9.17) is 25.8 Å². The average molecular weight is 376 g/mol. The topological polar surface area (TPSA) is 56.8 Å². The average Bonchev–Trinajstić information content (AvgIpc) is 2.82. The van der Waals surface area contributed by atoms with E-state index < -0.39 is 0 Å². The molecule has 0 aromatic heterocycles. The summed E-state index contributed by atoms with van der Waals surface area (Å²) in [5.74, 6) is 1.81. The van der Waals surface area contributed by atoms with E-state index in [0.29, 0.717) is 35.4 Å². The first kappa shape index (κ1) is 18.4. The van der Waals surface area contributed by atoms with E-state index in [9.17, 15) is 4.79 Å². The van der Waals surface area contributed by atoms with Crippen LogP contribution in [0.5, 0.6) is 17.2 Å². The summed E-state index contributed by atoms with van der Waals surface area (Å²) in [6.45, 7) is 5.47.